The van der Waals surface area contributed by atoms with Crippen molar-refractivity contribution in [2.45, 2.75) is 38.3 Å². The lowest BCUT2D eigenvalue weighted by Gasteiger charge is -2.36. The van der Waals surface area contributed by atoms with Crippen LogP contribution in [0.1, 0.15) is 26.7 Å². The Balaban J connectivity index is 1.87. The van der Waals surface area contributed by atoms with Crippen molar-refractivity contribution in [2.24, 2.45) is 0 Å². The molecule has 20 heavy (non-hydrogen) atoms. The van der Waals surface area contributed by atoms with E-state index in [0.29, 0.717) is 11.1 Å². The lowest BCUT2D eigenvalue weighted by molar-refractivity contribution is -0.0553. The average Bonchev–Trinajstić information content (AvgIpc) is 2.37. The molecule has 1 atom stereocenters. The molecule has 1 unspecified atom stereocenters. The van der Waals surface area contributed by atoms with Crippen molar-refractivity contribution >= 4 is 28.3 Å². The van der Waals surface area contributed by atoms with Gasteiger partial charge in [0.2, 0.25) is 0 Å². The second-order valence-electron chi connectivity index (χ2n) is 5.83. The average molecular weight is 292 g/mol. The normalized spacial score (nSPS) is 21.9. The topological polar surface area (TPSA) is 47.0 Å². The summed E-state index contributed by atoms with van der Waals surface area (Å²) < 4.78 is 5.75. The van der Waals surface area contributed by atoms with Gasteiger partial charge in [-0.3, -0.25) is 0 Å². The van der Waals surface area contributed by atoms with E-state index in [1.807, 2.05) is 18.2 Å². The fraction of sp³-hybridized carbons (Fsp3) is 0.467. The molecule has 5 heteroatoms. The molecule has 4 nitrogen and oxygen atoms in total. The molecule has 2 heterocycles. The maximum absolute atomic E-state index is 6.00. The van der Waals surface area contributed by atoms with E-state index < -0.39 is 0 Å². The molecule has 0 aliphatic carbocycles. The Morgan fingerprint density at radius 1 is 1.35 bits per heavy atom. The third kappa shape index (κ3) is 2.86. The number of fused-ring (bicyclic) bond motifs is 1. The van der Waals surface area contributed by atoms with Gasteiger partial charge >= 0.3 is 0 Å². The summed E-state index contributed by atoms with van der Waals surface area (Å²) in [6, 6.07) is 6.06. The summed E-state index contributed by atoms with van der Waals surface area (Å²) in [6.45, 7) is 5.02. The second kappa shape index (κ2) is 5.19. The van der Waals surface area contributed by atoms with Crippen LogP contribution in [0, 0.1) is 0 Å². The van der Waals surface area contributed by atoms with Gasteiger partial charge in [-0.25, -0.2) is 9.97 Å². The molecule has 2 aromatic rings. The standard InChI is InChI=1S/C15H18ClN3O/c1-15(2)8-11(5-6-20-15)19-14-12-4-3-10(16)7-13(12)17-9-18-14/h3-4,7,9,11H,5-6,8H2,1-2H3,(H,17,18,19). The number of aromatic nitrogens is 2. The molecule has 0 amide bonds. The summed E-state index contributed by atoms with van der Waals surface area (Å²) in [5.74, 6) is 0.870. The third-order valence-electron chi connectivity index (χ3n) is 3.64. The number of anilines is 1. The number of hydrogen-bond donors (Lipinski definition) is 1. The van der Waals surface area contributed by atoms with Crippen LogP contribution >= 0.6 is 11.6 Å². The van der Waals surface area contributed by atoms with Crippen LogP contribution < -0.4 is 5.32 Å². The molecule has 1 aromatic heterocycles. The molecule has 106 valence electrons. The summed E-state index contributed by atoms with van der Waals surface area (Å²) in [4.78, 5) is 8.64. The maximum Gasteiger partial charge on any atom is 0.137 e. The summed E-state index contributed by atoms with van der Waals surface area (Å²) in [7, 11) is 0. The minimum atomic E-state index is -0.0813. The highest BCUT2D eigenvalue weighted by Gasteiger charge is 2.29. The lowest BCUT2D eigenvalue weighted by atomic mass is 9.94. The monoisotopic (exact) mass is 291 g/mol. The Bertz CT molecular complexity index is 630. The van der Waals surface area contributed by atoms with Gasteiger partial charge in [-0.1, -0.05) is 11.6 Å². The first-order chi connectivity index (χ1) is 9.53. The van der Waals surface area contributed by atoms with E-state index in [4.69, 9.17) is 16.3 Å². The molecular weight excluding hydrogens is 274 g/mol. The van der Waals surface area contributed by atoms with E-state index in [2.05, 4.69) is 29.1 Å². The van der Waals surface area contributed by atoms with Gasteiger partial charge in [-0.2, -0.15) is 0 Å². The number of halogens is 1. The van der Waals surface area contributed by atoms with E-state index in [-0.39, 0.29) is 5.60 Å². The second-order valence-corrected chi connectivity index (χ2v) is 6.26. The molecule has 3 rings (SSSR count). The van der Waals surface area contributed by atoms with Crippen molar-refractivity contribution in [3.05, 3.63) is 29.5 Å². The van der Waals surface area contributed by atoms with Gasteiger partial charge in [-0.05, 0) is 44.9 Å². The highest BCUT2D eigenvalue weighted by Crippen LogP contribution is 2.28. The fourth-order valence-electron chi connectivity index (χ4n) is 2.69. The molecule has 0 bridgehead atoms. The Labute approximate surface area is 123 Å². The lowest BCUT2D eigenvalue weighted by Crippen LogP contribution is -2.40. The SMILES string of the molecule is CC1(C)CC(Nc2ncnc3cc(Cl)ccc23)CCO1. The van der Waals surface area contributed by atoms with Crippen LogP contribution in [0.25, 0.3) is 10.9 Å². The number of hydrogen-bond acceptors (Lipinski definition) is 4. The number of benzene rings is 1. The highest BCUT2D eigenvalue weighted by molar-refractivity contribution is 6.31. The van der Waals surface area contributed by atoms with Gasteiger partial charge in [-0.15, -0.1) is 0 Å². The van der Waals surface area contributed by atoms with Crippen molar-refractivity contribution in [1.82, 2.24) is 9.97 Å². The van der Waals surface area contributed by atoms with Crippen molar-refractivity contribution in [3.63, 3.8) is 0 Å². The van der Waals surface area contributed by atoms with Gasteiger partial charge in [0.1, 0.15) is 12.1 Å². The van der Waals surface area contributed by atoms with Crippen LogP contribution in [0.2, 0.25) is 5.02 Å². The Kier molecular flexibility index (Phi) is 3.52. The highest BCUT2D eigenvalue weighted by atomic mass is 35.5. The summed E-state index contributed by atoms with van der Waals surface area (Å²) in [5, 5.41) is 5.22. The zero-order chi connectivity index (χ0) is 14.2. The Hall–Kier alpha value is -1.39. The first-order valence-corrected chi connectivity index (χ1v) is 7.22. The first-order valence-electron chi connectivity index (χ1n) is 6.84. The van der Waals surface area contributed by atoms with E-state index in [1.165, 1.54) is 0 Å². The third-order valence-corrected chi connectivity index (χ3v) is 3.87. The Morgan fingerprint density at radius 3 is 3.00 bits per heavy atom. The quantitative estimate of drug-likeness (QED) is 0.917. The van der Waals surface area contributed by atoms with E-state index >= 15 is 0 Å². The van der Waals surface area contributed by atoms with Crippen LogP contribution in [-0.2, 0) is 4.74 Å². The van der Waals surface area contributed by atoms with Crippen LogP contribution in [0.3, 0.4) is 0 Å². The fourth-order valence-corrected chi connectivity index (χ4v) is 2.86. The molecule has 0 spiro atoms. The van der Waals surface area contributed by atoms with Gasteiger partial charge < -0.3 is 10.1 Å². The predicted molar refractivity (Wildman–Crippen MR) is 81.2 cm³/mol. The van der Waals surface area contributed by atoms with Crippen LogP contribution in [0.4, 0.5) is 5.82 Å². The number of nitrogens with one attached hydrogen (secondary N) is 1. The van der Waals surface area contributed by atoms with Crippen molar-refractivity contribution in [1.29, 1.82) is 0 Å². The molecule has 0 radical (unpaired) electrons. The molecule has 1 aromatic carbocycles. The minimum Gasteiger partial charge on any atom is -0.375 e. The summed E-state index contributed by atoms with van der Waals surface area (Å²) in [6.07, 6.45) is 3.53. The number of ether oxygens (including phenoxy) is 1. The molecule has 1 aliphatic rings. The minimum absolute atomic E-state index is 0.0813. The van der Waals surface area contributed by atoms with Gasteiger partial charge in [0.15, 0.2) is 0 Å². The van der Waals surface area contributed by atoms with Crippen molar-refractivity contribution in [3.8, 4) is 0 Å². The molecular formula is C15H18ClN3O. The van der Waals surface area contributed by atoms with Gasteiger partial charge in [0.05, 0.1) is 11.1 Å². The predicted octanol–water partition coefficient (Wildman–Crippen LogP) is 3.65. The molecule has 1 N–H and O–H groups in total. The van der Waals surface area contributed by atoms with Crippen LogP contribution in [0.15, 0.2) is 24.5 Å². The van der Waals surface area contributed by atoms with E-state index in [0.717, 1.165) is 36.2 Å². The molecule has 0 saturated carbocycles. The first kappa shape index (κ1) is 13.6. The number of nitrogens with zero attached hydrogens (tertiary/aromatic N) is 2. The van der Waals surface area contributed by atoms with Crippen LogP contribution in [0.5, 0.6) is 0 Å². The Morgan fingerprint density at radius 2 is 2.20 bits per heavy atom. The van der Waals surface area contributed by atoms with Gasteiger partial charge in [0.25, 0.3) is 0 Å². The van der Waals surface area contributed by atoms with Crippen molar-refractivity contribution < 1.29 is 4.74 Å². The largest absolute Gasteiger partial charge is 0.375 e. The summed E-state index contributed by atoms with van der Waals surface area (Å²) >= 11 is 6.00. The smallest absolute Gasteiger partial charge is 0.137 e. The molecule has 1 saturated heterocycles. The van der Waals surface area contributed by atoms with E-state index in [9.17, 15) is 0 Å². The van der Waals surface area contributed by atoms with Crippen LogP contribution in [-0.4, -0.2) is 28.2 Å². The van der Waals surface area contributed by atoms with Crippen molar-refractivity contribution in [2.75, 3.05) is 11.9 Å². The molecule has 1 fully saturated rings. The summed E-state index contributed by atoms with van der Waals surface area (Å²) in [5.41, 5.74) is 0.781. The maximum atomic E-state index is 6.00. The zero-order valence-electron chi connectivity index (χ0n) is 11.7. The van der Waals surface area contributed by atoms with Gasteiger partial charge in [0, 0.05) is 23.1 Å². The zero-order valence-corrected chi connectivity index (χ0v) is 12.4. The molecule has 1 aliphatic heterocycles. The van der Waals surface area contributed by atoms with E-state index in [1.54, 1.807) is 6.33 Å². The number of rotatable bonds is 2.